The lowest BCUT2D eigenvalue weighted by atomic mass is 10.1. The van der Waals surface area contributed by atoms with Crippen molar-refractivity contribution in [2.75, 3.05) is 59.4 Å². The number of halogens is 4. The molecule has 0 atom stereocenters. The third-order valence-electron chi connectivity index (χ3n) is 5.42. The topological polar surface area (TPSA) is 144 Å². The molecule has 43 heavy (non-hydrogen) atoms. The summed E-state index contributed by atoms with van der Waals surface area (Å²) in [4.78, 5) is 23.9. The first-order chi connectivity index (χ1) is 20.9. The fraction of sp³-hybridized carbons (Fsp3) is 0.407. The molecule has 0 aliphatic rings. The van der Waals surface area contributed by atoms with Gasteiger partial charge in [-0.1, -0.05) is 12.1 Å². The van der Waals surface area contributed by atoms with Gasteiger partial charge in [-0.3, -0.25) is 9.59 Å². The zero-order chi connectivity index (χ0) is 30.9. The molecule has 1 aromatic heterocycles. The van der Waals surface area contributed by atoms with Crippen molar-refractivity contribution in [2.45, 2.75) is 12.8 Å². The molecule has 0 fully saturated rings. The molecule has 0 spiro atoms. The molecule has 2 aromatic carbocycles. The Balaban J connectivity index is 1.10. The highest BCUT2D eigenvalue weighted by molar-refractivity contribution is 5.94. The number of carbonyl (C=O) groups is 2. The molecule has 3 aromatic rings. The van der Waals surface area contributed by atoms with Gasteiger partial charge in [-0.15, -0.1) is 20.4 Å². The molecular weight excluding hydrogens is 582 g/mol. The Kier molecular flexibility index (Phi) is 14.3. The molecule has 1 N–H and O–H groups in total. The number of aromatic nitrogens is 4. The molecule has 0 radical (unpaired) electrons. The Morgan fingerprint density at radius 3 is 1.84 bits per heavy atom. The Morgan fingerprint density at radius 1 is 0.721 bits per heavy atom. The number of hydrogen-bond acceptors (Lipinski definition) is 11. The van der Waals surface area contributed by atoms with E-state index in [0.29, 0.717) is 56.3 Å². The van der Waals surface area contributed by atoms with E-state index in [-0.39, 0.29) is 38.4 Å². The molecule has 0 aliphatic heterocycles. The lowest BCUT2D eigenvalue weighted by Gasteiger charge is -2.09. The first-order valence-electron chi connectivity index (χ1n) is 13.1. The van der Waals surface area contributed by atoms with Gasteiger partial charge in [0.25, 0.3) is 5.91 Å². The van der Waals surface area contributed by atoms with Crippen LogP contribution in [0.4, 0.5) is 17.6 Å². The minimum atomic E-state index is -1.80. The van der Waals surface area contributed by atoms with Gasteiger partial charge < -0.3 is 29.0 Å². The summed E-state index contributed by atoms with van der Waals surface area (Å²) in [6.45, 7) is 2.37. The first kappa shape index (κ1) is 33.4. The van der Waals surface area contributed by atoms with E-state index in [2.05, 4.69) is 30.4 Å². The zero-order valence-corrected chi connectivity index (χ0v) is 22.9. The monoisotopic (exact) mass is 611 g/mol. The maximum Gasteiger partial charge on any atom is 0.313 e. The summed E-state index contributed by atoms with van der Waals surface area (Å²) in [5, 5.41) is 17.9. The number of benzene rings is 2. The van der Waals surface area contributed by atoms with E-state index in [9.17, 15) is 27.2 Å². The van der Waals surface area contributed by atoms with E-state index >= 15 is 0 Å². The predicted molar refractivity (Wildman–Crippen MR) is 140 cm³/mol. The molecule has 1 amide bonds. The van der Waals surface area contributed by atoms with Crippen molar-refractivity contribution in [3.05, 3.63) is 65.5 Å². The van der Waals surface area contributed by atoms with Crippen molar-refractivity contribution < 1.29 is 50.8 Å². The minimum absolute atomic E-state index is 0.0131. The number of esters is 1. The van der Waals surface area contributed by atoms with Crippen molar-refractivity contribution in [2.24, 2.45) is 0 Å². The SMILES string of the molecule is O=C(CCOCCOCCOCCOCCCNC(=O)c1ccc(-c2nncnn2)cc1)Oc1c(F)c(F)cc(F)c1F. The molecule has 1 heterocycles. The van der Waals surface area contributed by atoms with Crippen LogP contribution < -0.4 is 10.1 Å². The van der Waals surface area contributed by atoms with Gasteiger partial charge in [0.15, 0.2) is 18.0 Å². The molecule has 0 bridgehead atoms. The maximum atomic E-state index is 13.5. The summed E-state index contributed by atoms with van der Waals surface area (Å²) in [5.41, 5.74) is 1.20. The minimum Gasteiger partial charge on any atom is -0.420 e. The maximum absolute atomic E-state index is 13.5. The predicted octanol–water partition coefficient (Wildman–Crippen LogP) is 2.67. The summed E-state index contributed by atoms with van der Waals surface area (Å²) < 4.78 is 78.9. The van der Waals surface area contributed by atoms with Crippen LogP contribution in [0.1, 0.15) is 23.2 Å². The molecule has 0 saturated carbocycles. The smallest absolute Gasteiger partial charge is 0.313 e. The number of rotatable bonds is 19. The Hall–Kier alpha value is -4.12. The zero-order valence-electron chi connectivity index (χ0n) is 22.9. The van der Waals surface area contributed by atoms with Crippen LogP contribution >= 0.6 is 0 Å². The normalized spacial score (nSPS) is 11.0. The molecular formula is C27H29F4N5O7. The standard InChI is InChI=1S/C27H29F4N5O7/c28-20-16-21(29)24(31)25(23(20)30)43-22(37)6-9-40-11-13-42-15-14-41-12-10-39-8-1-7-32-27(38)19-4-2-18(3-5-19)26-35-33-17-34-36-26/h2-5,16-17H,1,6-15H2,(H,32,38). The van der Waals surface area contributed by atoms with E-state index in [0.717, 1.165) is 0 Å². The second-order valence-electron chi connectivity index (χ2n) is 8.53. The average Bonchev–Trinajstić information content (AvgIpc) is 3.02. The molecule has 232 valence electrons. The van der Waals surface area contributed by atoms with Gasteiger partial charge in [-0.25, -0.2) is 8.78 Å². The van der Waals surface area contributed by atoms with Crippen molar-refractivity contribution in [3.8, 4) is 17.1 Å². The molecule has 0 saturated heterocycles. The van der Waals surface area contributed by atoms with E-state index < -0.39 is 41.4 Å². The fourth-order valence-corrected chi connectivity index (χ4v) is 3.29. The van der Waals surface area contributed by atoms with E-state index in [4.69, 9.17) is 18.9 Å². The van der Waals surface area contributed by atoms with Crippen molar-refractivity contribution >= 4 is 11.9 Å². The number of amides is 1. The second-order valence-corrected chi connectivity index (χ2v) is 8.53. The van der Waals surface area contributed by atoms with E-state index in [1.807, 2.05) is 0 Å². The highest BCUT2D eigenvalue weighted by Crippen LogP contribution is 2.26. The van der Waals surface area contributed by atoms with Crippen LogP contribution in [-0.2, 0) is 23.7 Å². The second kappa shape index (κ2) is 18.4. The van der Waals surface area contributed by atoms with Crippen LogP contribution in [-0.4, -0.2) is 91.7 Å². The van der Waals surface area contributed by atoms with Crippen LogP contribution in [0.15, 0.2) is 36.7 Å². The van der Waals surface area contributed by atoms with Crippen molar-refractivity contribution in [1.29, 1.82) is 0 Å². The summed E-state index contributed by atoms with van der Waals surface area (Å²) in [6, 6.07) is 6.79. The molecule has 0 unspecified atom stereocenters. The quantitative estimate of drug-likeness (QED) is 0.0703. The van der Waals surface area contributed by atoms with Crippen LogP contribution in [0, 0.1) is 23.3 Å². The molecule has 0 aliphatic carbocycles. The Labute approximate surface area is 243 Å². The van der Waals surface area contributed by atoms with Crippen LogP contribution in [0.2, 0.25) is 0 Å². The molecule has 12 nitrogen and oxygen atoms in total. The number of carbonyl (C=O) groups excluding carboxylic acids is 2. The number of ether oxygens (including phenoxy) is 5. The summed E-state index contributed by atoms with van der Waals surface area (Å²) >= 11 is 0. The fourth-order valence-electron chi connectivity index (χ4n) is 3.29. The number of nitrogens with one attached hydrogen (secondary N) is 1. The third-order valence-corrected chi connectivity index (χ3v) is 5.42. The summed E-state index contributed by atoms with van der Waals surface area (Å²) in [7, 11) is 0. The van der Waals surface area contributed by atoms with Gasteiger partial charge in [-0.05, 0) is 18.6 Å². The number of nitrogens with zero attached hydrogens (tertiary/aromatic N) is 4. The van der Waals surface area contributed by atoms with Gasteiger partial charge in [0, 0.05) is 30.3 Å². The largest absolute Gasteiger partial charge is 0.420 e. The van der Waals surface area contributed by atoms with Crippen LogP contribution in [0.25, 0.3) is 11.4 Å². The Bertz CT molecular complexity index is 1280. The van der Waals surface area contributed by atoms with Gasteiger partial charge in [0.1, 0.15) is 0 Å². The molecule has 3 rings (SSSR count). The van der Waals surface area contributed by atoms with Gasteiger partial charge in [0.05, 0.1) is 52.7 Å². The van der Waals surface area contributed by atoms with E-state index in [1.165, 1.54) is 6.33 Å². The van der Waals surface area contributed by atoms with Gasteiger partial charge in [-0.2, -0.15) is 8.78 Å². The highest BCUT2D eigenvalue weighted by atomic mass is 19.2. The van der Waals surface area contributed by atoms with Crippen molar-refractivity contribution in [1.82, 2.24) is 25.7 Å². The summed E-state index contributed by atoms with van der Waals surface area (Å²) in [6.07, 6.45) is 1.46. The summed E-state index contributed by atoms with van der Waals surface area (Å²) in [5.74, 6) is -9.35. The van der Waals surface area contributed by atoms with Crippen LogP contribution in [0.5, 0.6) is 5.75 Å². The van der Waals surface area contributed by atoms with Crippen LogP contribution in [0.3, 0.4) is 0 Å². The third kappa shape index (κ3) is 11.6. The highest BCUT2D eigenvalue weighted by Gasteiger charge is 2.23. The number of hydrogen-bond donors (Lipinski definition) is 1. The van der Waals surface area contributed by atoms with Crippen molar-refractivity contribution in [3.63, 3.8) is 0 Å². The average molecular weight is 612 g/mol. The van der Waals surface area contributed by atoms with E-state index in [1.54, 1.807) is 24.3 Å². The first-order valence-corrected chi connectivity index (χ1v) is 13.1. The Morgan fingerprint density at radius 2 is 1.26 bits per heavy atom. The van der Waals surface area contributed by atoms with Gasteiger partial charge in [0.2, 0.25) is 23.2 Å². The molecule has 16 heteroatoms. The van der Waals surface area contributed by atoms with Gasteiger partial charge >= 0.3 is 5.97 Å². The lowest BCUT2D eigenvalue weighted by Crippen LogP contribution is -2.25. The lowest BCUT2D eigenvalue weighted by molar-refractivity contribution is -0.136.